The molecule has 8 nitrogen and oxygen atoms in total. The van der Waals surface area contributed by atoms with E-state index in [1.807, 2.05) is 69.8 Å². The van der Waals surface area contributed by atoms with Crippen LogP contribution >= 0.6 is 22.9 Å². The molecule has 10 heteroatoms. The molecule has 5 heterocycles. The first-order valence-electron chi connectivity index (χ1n) is 14.4. The molecule has 43 heavy (non-hydrogen) atoms. The van der Waals surface area contributed by atoms with Crippen molar-refractivity contribution in [2.75, 3.05) is 18.0 Å². The Morgan fingerprint density at radius 3 is 2.44 bits per heavy atom. The van der Waals surface area contributed by atoms with Crippen molar-refractivity contribution in [3.8, 4) is 21.7 Å². The van der Waals surface area contributed by atoms with Crippen LogP contribution in [0.5, 0.6) is 0 Å². The van der Waals surface area contributed by atoms with E-state index in [0.29, 0.717) is 10.6 Å². The first kappa shape index (κ1) is 28.3. The van der Waals surface area contributed by atoms with Crippen molar-refractivity contribution in [2.24, 2.45) is 7.05 Å². The Kier molecular flexibility index (Phi) is 6.77. The van der Waals surface area contributed by atoms with Crippen LogP contribution in [0.3, 0.4) is 0 Å². The summed E-state index contributed by atoms with van der Waals surface area (Å²) in [4.78, 5) is 20.1. The number of rotatable bonds is 6. The lowest BCUT2D eigenvalue weighted by molar-refractivity contribution is -0.160. The zero-order valence-corrected chi connectivity index (χ0v) is 26.3. The van der Waals surface area contributed by atoms with Gasteiger partial charge < -0.3 is 19.5 Å². The number of hydrogen-bond donors (Lipinski definition) is 1. The normalized spacial score (nSPS) is 19.2. The molecule has 8 rings (SSSR count). The number of ether oxygens (including phenoxy) is 2. The van der Waals surface area contributed by atoms with E-state index in [4.69, 9.17) is 31.2 Å². The number of aryl methyl sites for hydroxylation is 2. The lowest BCUT2D eigenvalue weighted by atomic mass is 9.91. The molecule has 222 valence electrons. The Bertz CT molecular complexity index is 1880. The minimum Gasteiger partial charge on any atom is -0.479 e. The summed E-state index contributed by atoms with van der Waals surface area (Å²) in [5.74, 6) is -0.0605. The summed E-state index contributed by atoms with van der Waals surface area (Å²) in [6.07, 6.45) is 0.529. The number of nitrogens with zero attached hydrogens (tertiary/aromatic N) is 4. The van der Waals surface area contributed by atoms with Crippen LogP contribution in [-0.2, 0) is 21.3 Å². The van der Waals surface area contributed by atoms with Crippen LogP contribution < -0.4 is 4.90 Å². The van der Waals surface area contributed by atoms with E-state index in [1.54, 1.807) is 11.3 Å². The van der Waals surface area contributed by atoms with E-state index < -0.39 is 17.7 Å². The SMILES string of the molecule is Cc1cc2nc(-c3ccc4c(c3)c(N3CC5CC(C3)O5)nn4C)sc2c(-c2ccc(Cl)cc2)c1C(OC(C)(C)C)C(=O)O. The van der Waals surface area contributed by atoms with E-state index >= 15 is 0 Å². The number of aliphatic carboxylic acids is 1. The van der Waals surface area contributed by atoms with Crippen LogP contribution in [0.25, 0.3) is 42.8 Å². The predicted octanol–water partition coefficient (Wildman–Crippen LogP) is 7.40. The molecule has 3 unspecified atom stereocenters. The van der Waals surface area contributed by atoms with E-state index in [2.05, 4.69) is 23.1 Å². The lowest BCUT2D eigenvalue weighted by Crippen LogP contribution is -2.57. The number of piperidine rings is 1. The summed E-state index contributed by atoms with van der Waals surface area (Å²) in [7, 11) is 1.98. The van der Waals surface area contributed by atoms with Gasteiger partial charge in [-0.25, -0.2) is 9.78 Å². The van der Waals surface area contributed by atoms with Gasteiger partial charge in [-0.15, -0.1) is 11.3 Å². The second-order valence-corrected chi connectivity index (χ2v) is 13.9. The van der Waals surface area contributed by atoms with Crippen LogP contribution in [0, 0.1) is 6.92 Å². The molecule has 0 spiro atoms. The highest BCUT2D eigenvalue weighted by Gasteiger charge is 2.39. The summed E-state index contributed by atoms with van der Waals surface area (Å²) >= 11 is 7.81. The zero-order chi connectivity index (χ0) is 30.2. The number of benzene rings is 3. The van der Waals surface area contributed by atoms with Crippen LogP contribution in [0.1, 0.15) is 44.4 Å². The van der Waals surface area contributed by atoms with Crippen molar-refractivity contribution >= 4 is 55.8 Å². The number of carboxylic acid groups (broad SMARTS) is 1. The van der Waals surface area contributed by atoms with Crippen molar-refractivity contribution in [2.45, 2.75) is 58.0 Å². The third kappa shape index (κ3) is 5.08. The smallest absolute Gasteiger partial charge is 0.337 e. The fourth-order valence-electron chi connectivity index (χ4n) is 6.30. The molecule has 3 aromatic carbocycles. The second kappa shape index (κ2) is 10.3. The second-order valence-electron chi connectivity index (χ2n) is 12.5. The van der Waals surface area contributed by atoms with Crippen molar-refractivity contribution in [1.82, 2.24) is 14.8 Å². The van der Waals surface area contributed by atoms with Crippen molar-refractivity contribution < 1.29 is 19.4 Å². The number of fused-ring (bicyclic) bond motifs is 4. The Morgan fingerprint density at radius 1 is 1.12 bits per heavy atom. The van der Waals surface area contributed by atoms with Crippen molar-refractivity contribution in [1.29, 1.82) is 0 Å². The molecule has 0 amide bonds. The Balaban J connectivity index is 1.40. The first-order valence-corrected chi connectivity index (χ1v) is 15.6. The van der Waals surface area contributed by atoms with Gasteiger partial charge in [0, 0.05) is 53.7 Å². The van der Waals surface area contributed by atoms with Gasteiger partial charge in [-0.3, -0.25) is 4.68 Å². The number of halogens is 1. The van der Waals surface area contributed by atoms with Gasteiger partial charge in [0.15, 0.2) is 11.9 Å². The lowest BCUT2D eigenvalue weighted by Gasteiger charge is -2.47. The number of aromatic nitrogens is 3. The molecule has 3 aliphatic heterocycles. The summed E-state index contributed by atoms with van der Waals surface area (Å²) < 4.78 is 14.9. The summed E-state index contributed by atoms with van der Waals surface area (Å²) in [6.45, 7) is 9.23. The monoisotopic (exact) mass is 616 g/mol. The summed E-state index contributed by atoms with van der Waals surface area (Å²) in [5, 5.41) is 17.8. The number of carbonyl (C=O) groups is 1. The number of hydrogen-bond acceptors (Lipinski definition) is 7. The van der Waals surface area contributed by atoms with Crippen LogP contribution in [0.2, 0.25) is 5.02 Å². The molecule has 5 aromatic rings. The van der Waals surface area contributed by atoms with E-state index in [0.717, 1.165) is 73.7 Å². The average molecular weight is 617 g/mol. The third-order valence-electron chi connectivity index (χ3n) is 8.15. The van der Waals surface area contributed by atoms with Gasteiger partial charge in [-0.2, -0.15) is 5.10 Å². The molecule has 3 aliphatic rings. The van der Waals surface area contributed by atoms with Gasteiger partial charge in [0.25, 0.3) is 0 Å². The van der Waals surface area contributed by atoms with Gasteiger partial charge in [-0.05, 0) is 75.2 Å². The van der Waals surface area contributed by atoms with Gasteiger partial charge in [-0.1, -0.05) is 23.7 Å². The number of thiazole rings is 1. The molecule has 1 N–H and O–H groups in total. The standard InChI is InChI=1S/C33H33ClN4O4S/c1-17-12-24-29(27(18-6-9-20(34)10-7-18)26(17)28(32(39)40)42-33(2,3)4)43-31(35-24)19-8-11-25-23(13-19)30(36-37(25)5)38-15-21-14-22(16-38)41-21/h6-13,21-22,28H,14-16H2,1-5H3,(H,39,40). The Labute approximate surface area is 258 Å². The highest BCUT2D eigenvalue weighted by Crippen LogP contribution is 2.45. The van der Waals surface area contributed by atoms with Crippen LogP contribution in [0.15, 0.2) is 48.5 Å². The quantitative estimate of drug-likeness (QED) is 0.213. The average Bonchev–Trinajstić information content (AvgIpc) is 3.51. The largest absolute Gasteiger partial charge is 0.479 e. The zero-order valence-electron chi connectivity index (χ0n) is 24.7. The van der Waals surface area contributed by atoms with E-state index in [1.165, 1.54) is 0 Å². The van der Waals surface area contributed by atoms with Crippen LogP contribution in [0.4, 0.5) is 5.82 Å². The molecule has 3 atom stereocenters. The molecule has 2 bridgehead atoms. The van der Waals surface area contributed by atoms with Crippen molar-refractivity contribution in [3.05, 3.63) is 64.7 Å². The maximum Gasteiger partial charge on any atom is 0.337 e. The van der Waals surface area contributed by atoms with Crippen molar-refractivity contribution in [3.63, 3.8) is 0 Å². The Hall–Kier alpha value is -3.50. The topological polar surface area (TPSA) is 89.7 Å². The maximum atomic E-state index is 12.7. The first-order chi connectivity index (χ1) is 20.4. The molecular weight excluding hydrogens is 584 g/mol. The third-order valence-corrected chi connectivity index (χ3v) is 9.54. The Morgan fingerprint density at radius 2 is 1.79 bits per heavy atom. The molecule has 0 saturated carbocycles. The van der Waals surface area contributed by atoms with Gasteiger partial charge in [0.1, 0.15) is 5.01 Å². The maximum absolute atomic E-state index is 12.7. The molecule has 3 fully saturated rings. The van der Waals surface area contributed by atoms with E-state index in [9.17, 15) is 9.90 Å². The summed E-state index contributed by atoms with van der Waals surface area (Å²) in [5.41, 5.74) is 5.30. The fourth-order valence-corrected chi connectivity index (χ4v) is 7.55. The number of carboxylic acids is 1. The summed E-state index contributed by atoms with van der Waals surface area (Å²) in [6, 6.07) is 15.8. The fraction of sp³-hybridized carbons (Fsp3) is 0.364. The van der Waals surface area contributed by atoms with Gasteiger partial charge in [0.05, 0.1) is 33.5 Å². The molecule has 0 aliphatic carbocycles. The molecule has 3 saturated heterocycles. The van der Waals surface area contributed by atoms with Crippen LogP contribution in [-0.4, -0.2) is 56.7 Å². The van der Waals surface area contributed by atoms with Gasteiger partial charge >= 0.3 is 5.97 Å². The molecular formula is C33H33ClN4O4S. The number of morpholine rings is 1. The molecule has 2 aromatic heterocycles. The highest BCUT2D eigenvalue weighted by atomic mass is 35.5. The minimum absolute atomic E-state index is 0.281. The van der Waals surface area contributed by atoms with E-state index in [-0.39, 0.29) is 12.2 Å². The number of anilines is 1. The highest BCUT2D eigenvalue weighted by molar-refractivity contribution is 7.22. The van der Waals surface area contributed by atoms with Gasteiger partial charge in [0.2, 0.25) is 0 Å². The predicted molar refractivity (Wildman–Crippen MR) is 171 cm³/mol. The minimum atomic E-state index is -1.16. The molecule has 0 radical (unpaired) electrons.